The summed E-state index contributed by atoms with van der Waals surface area (Å²) in [4.78, 5) is 0. The zero-order chi connectivity index (χ0) is 12.3. The van der Waals surface area contributed by atoms with Gasteiger partial charge in [-0.05, 0) is 36.0 Å². The molecule has 90 valence electrons. The van der Waals surface area contributed by atoms with E-state index in [0.717, 1.165) is 16.1 Å². The van der Waals surface area contributed by atoms with Crippen LogP contribution in [0.1, 0.15) is 31.9 Å². The standard InChI is InChI=1S/C14H21ClO/c1-9(2)11(4)14(16)8-12-6-5-10(3)7-13(12)15/h5-7,9,11,14,16H,8H2,1-4H3. The summed E-state index contributed by atoms with van der Waals surface area (Å²) in [7, 11) is 0. The Kier molecular flexibility index (Phi) is 4.82. The second kappa shape index (κ2) is 5.70. The maximum absolute atomic E-state index is 10.1. The first-order valence-corrected chi connectivity index (χ1v) is 6.22. The van der Waals surface area contributed by atoms with Crippen LogP contribution in [0.25, 0.3) is 0 Å². The van der Waals surface area contributed by atoms with Crippen LogP contribution in [0.3, 0.4) is 0 Å². The molecule has 2 atom stereocenters. The van der Waals surface area contributed by atoms with Crippen molar-refractivity contribution in [1.29, 1.82) is 0 Å². The molecular weight excluding hydrogens is 220 g/mol. The third-order valence-corrected chi connectivity index (χ3v) is 3.65. The topological polar surface area (TPSA) is 20.2 Å². The minimum atomic E-state index is -0.319. The molecule has 0 aliphatic rings. The van der Waals surface area contributed by atoms with Crippen molar-refractivity contribution in [3.8, 4) is 0 Å². The molecule has 0 saturated heterocycles. The maximum atomic E-state index is 10.1. The van der Waals surface area contributed by atoms with Gasteiger partial charge in [-0.3, -0.25) is 0 Å². The minimum absolute atomic E-state index is 0.289. The Labute approximate surface area is 103 Å². The number of benzene rings is 1. The second-order valence-electron chi connectivity index (χ2n) is 4.97. The summed E-state index contributed by atoms with van der Waals surface area (Å²) in [5.74, 6) is 0.775. The molecule has 0 radical (unpaired) electrons. The number of aryl methyl sites for hydroxylation is 1. The van der Waals surface area contributed by atoms with Crippen molar-refractivity contribution in [2.45, 2.75) is 40.2 Å². The van der Waals surface area contributed by atoms with Gasteiger partial charge in [-0.2, -0.15) is 0 Å². The molecule has 1 rings (SSSR count). The first kappa shape index (κ1) is 13.5. The molecule has 1 N–H and O–H groups in total. The van der Waals surface area contributed by atoms with E-state index >= 15 is 0 Å². The van der Waals surface area contributed by atoms with Gasteiger partial charge in [-0.1, -0.05) is 44.5 Å². The van der Waals surface area contributed by atoms with Crippen LogP contribution in [0.15, 0.2) is 18.2 Å². The average Bonchev–Trinajstić information content (AvgIpc) is 2.20. The zero-order valence-corrected chi connectivity index (χ0v) is 11.3. The van der Waals surface area contributed by atoms with E-state index in [-0.39, 0.29) is 12.0 Å². The van der Waals surface area contributed by atoms with Crippen LogP contribution < -0.4 is 0 Å². The normalized spacial score (nSPS) is 15.2. The molecule has 1 aromatic carbocycles. The van der Waals surface area contributed by atoms with Crippen LogP contribution in [-0.4, -0.2) is 11.2 Å². The largest absolute Gasteiger partial charge is 0.392 e. The Bertz CT molecular complexity index is 347. The van der Waals surface area contributed by atoms with Gasteiger partial charge >= 0.3 is 0 Å². The Hall–Kier alpha value is -0.530. The van der Waals surface area contributed by atoms with E-state index in [0.29, 0.717) is 12.3 Å². The van der Waals surface area contributed by atoms with Gasteiger partial charge in [0.2, 0.25) is 0 Å². The molecule has 0 saturated carbocycles. The van der Waals surface area contributed by atoms with Gasteiger partial charge in [0.15, 0.2) is 0 Å². The average molecular weight is 241 g/mol. The maximum Gasteiger partial charge on any atom is 0.0609 e. The van der Waals surface area contributed by atoms with Crippen molar-refractivity contribution in [3.63, 3.8) is 0 Å². The van der Waals surface area contributed by atoms with E-state index in [9.17, 15) is 5.11 Å². The second-order valence-corrected chi connectivity index (χ2v) is 5.38. The van der Waals surface area contributed by atoms with Crippen LogP contribution in [0.5, 0.6) is 0 Å². The van der Waals surface area contributed by atoms with Gasteiger partial charge in [0.05, 0.1) is 6.10 Å². The molecule has 2 unspecified atom stereocenters. The first-order chi connectivity index (χ1) is 7.41. The predicted octanol–water partition coefficient (Wildman–Crippen LogP) is 3.84. The number of aliphatic hydroxyl groups is 1. The fourth-order valence-electron chi connectivity index (χ4n) is 1.67. The van der Waals surface area contributed by atoms with Crippen LogP contribution in [-0.2, 0) is 6.42 Å². The van der Waals surface area contributed by atoms with Gasteiger partial charge in [0.1, 0.15) is 0 Å². The van der Waals surface area contributed by atoms with Crippen molar-refractivity contribution < 1.29 is 5.11 Å². The van der Waals surface area contributed by atoms with Crippen molar-refractivity contribution >= 4 is 11.6 Å². The van der Waals surface area contributed by atoms with E-state index in [1.54, 1.807) is 0 Å². The lowest BCUT2D eigenvalue weighted by Gasteiger charge is -2.22. The highest BCUT2D eigenvalue weighted by molar-refractivity contribution is 6.31. The lowest BCUT2D eigenvalue weighted by atomic mass is 9.88. The minimum Gasteiger partial charge on any atom is -0.392 e. The van der Waals surface area contributed by atoms with Crippen molar-refractivity contribution in [3.05, 3.63) is 34.3 Å². The molecule has 2 heteroatoms. The van der Waals surface area contributed by atoms with Crippen LogP contribution in [0, 0.1) is 18.8 Å². The van der Waals surface area contributed by atoms with Crippen LogP contribution >= 0.6 is 11.6 Å². The van der Waals surface area contributed by atoms with E-state index in [2.05, 4.69) is 20.8 Å². The molecule has 1 nitrogen and oxygen atoms in total. The first-order valence-electron chi connectivity index (χ1n) is 5.85. The molecule has 0 heterocycles. The number of hydrogen-bond acceptors (Lipinski definition) is 1. The van der Waals surface area contributed by atoms with Gasteiger partial charge in [0.25, 0.3) is 0 Å². The van der Waals surface area contributed by atoms with Gasteiger partial charge in [-0.15, -0.1) is 0 Å². The number of aliphatic hydroxyl groups excluding tert-OH is 1. The fraction of sp³-hybridized carbons (Fsp3) is 0.571. The molecule has 0 aliphatic heterocycles. The smallest absolute Gasteiger partial charge is 0.0609 e. The van der Waals surface area contributed by atoms with Crippen LogP contribution in [0.2, 0.25) is 5.02 Å². The van der Waals surface area contributed by atoms with E-state index in [1.807, 2.05) is 25.1 Å². The summed E-state index contributed by atoms with van der Waals surface area (Å²) >= 11 is 6.15. The molecule has 0 amide bonds. The highest BCUT2D eigenvalue weighted by Gasteiger charge is 2.18. The van der Waals surface area contributed by atoms with E-state index < -0.39 is 0 Å². The molecule has 0 aromatic heterocycles. The Balaban J connectivity index is 2.73. The quantitative estimate of drug-likeness (QED) is 0.848. The summed E-state index contributed by atoms with van der Waals surface area (Å²) in [6.07, 6.45) is 0.318. The number of hydrogen-bond donors (Lipinski definition) is 1. The third-order valence-electron chi connectivity index (χ3n) is 3.30. The number of rotatable bonds is 4. The summed E-state index contributed by atoms with van der Waals surface area (Å²) in [5.41, 5.74) is 2.19. The van der Waals surface area contributed by atoms with Gasteiger partial charge < -0.3 is 5.11 Å². The third kappa shape index (κ3) is 3.50. The Morgan fingerprint density at radius 1 is 1.25 bits per heavy atom. The monoisotopic (exact) mass is 240 g/mol. The van der Waals surface area contributed by atoms with Gasteiger partial charge in [0, 0.05) is 11.4 Å². The molecular formula is C14H21ClO. The number of halogens is 1. The summed E-state index contributed by atoms with van der Waals surface area (Å²) in [6, 6.07) is 5.99. The predicted molar refractivity (Wildman–Crippen MR) is 69.9 cm³/mol. The zero-order valence-electron chi connectivity index (χ0n) is 10.5. The van der Waals surface area contributed by atoms with Crippen LogP contribution in [0.4, 0.5) is 0 Å². The lowest BCUT2D eigenvalue weighted by molar-refractivity contribution is 0.0922. The van der Waals surface area contributed by atoms with Crippen molar-refractivity contribution in [2.75, 3.05) is 0 Å². The molecule has 0 spiro atoms. The van der Waals surface area contributed by atoms with Gasteiger partial charge in [-0.25, -0.2) is 0 Å². The molecule has 0 aliphatic carbocycles. The fourth-order valence-corrected chi connectivity index (χ4v) is 1.99. The molecule has 0 bridgehead atoms. The Morgan fingerprint density at radius 3 is 2.38 bits per heavy atom. The summed E-state index contributed by atoms with van der Waals surface area (Å²) in [5, 5.41) is 10.8. The van der Waals surface area contributed by atoms with E-state index in [4.69, 9.17) is 11.6 Å². The summed E-state index contributed by atoms with van der Waals surface area (Å²) in [6.45, 7) is 8.36. The Morgan fingerprint density at radius 2 is 1.88 bits per heavy atom. The summed E-state index contributed by atoms with van der Waals surface area (Å²) < 4.78 is 0. The SMILES string of the molecule is Cc1ccc(CC(O)C(C)C(C)C)c(Cl)c1. The highest BCUT2D eigenvalue weighted by Crippen LogP contribution is 2.23. The van der Waals surface area contributed by atoms with E-state index in [1.165, 1.54) is 0 Å². The van der Waals surface area contributed by atoms with Crippen molar-refractivity contribution in [1.82, 2.24) is 0 Å². The molecule has 0 fully saturated rings. The lowest BCUT2D eigenvalue weighted by Crippen LogP contribution is -2.24. The molecule has 1 aromatic rings. The highest BCUT2D eigenvalue weighted by atomic mass is 35.5. The van der Waals surface area contributed by atoms with Crippen molar-refractivity contribution in [2.24, 2.45) is 11.8 Å². The molecule has 16 heavy (non-hydrogen) atoms.